The molecular formula is C24H30N2O5. The summed E-state index contributed by atoms with van der Waals surface area (Å²) in [5, 5.41) is 11.8. The van der Waals surface area contributed by atoms with E-state index < -0.39 is 28.6 Å². The highest BCUT2D eigenvalue weighted by Crippen LogP contribution is 2.74. The highest BCUT2D eigenvalue weighted by atomic mass is 16.5. The number of carbonyl (C=O) groups excluding carboxylic acids is 2. The summed E-state index contributed by atoms with van der Waals surface area (Å²) < 4.78 is 11.1. The van der Waals surface area contributed by atoms with Crippen molar-refractivity contribution in [1.29, 1.82) is 0 Å². The number of fused-ring (bicyclic) bond motifs is 3. The Labute approximate surface area is 182 Å². The minimum atomic E-state index is -1.14. The van der Waals surface area contributed by atoms with E-state index in [9.17, 15) is 14.7 Å². The van der Waals surface area contributed by atoms with Crippen LogP contribution < -0.4 is 4.90 Å². The van der Waals surface area contributed by atoms with Crippen LogP contribution in [0.5, 0.6) is 0 Å². The third-order valence-electron chi connectivity index (χ3n) is 8.63. The third-order valence-corrected chi connectivity index (χ3v) is 8.63. The number of rotatable bonds is 3. The highest BCUT2D eigenvalue weighted by Gasteiger charge is 2.84. The first-order chi connectivity index (χ1) is 14.8. The summed E-state index contributed by atoms with van der Waals surface area (Å²) in [6.45, 7) is 4.68. The Kier molecular flexibility index (Phi) is 4.34. The molecule has 1 aromatic rings. The molecule has 6 rings (SSSR count). The highest BCUT2D eigenvalue weighted by molar-refractivity contribution is 5.86. The number of hydrogen-bond donors (Lipinski definition) is 1. The summed E-state index contributed by atoms with van der Waals surface area (Å²) in [5.74, 6) is -1.09. The average molecular weight is 427 g/mol. The molecule has 3 saturated heterocycles. The number of likely N-dealkylation sites (N-methyl/N-ethyl adjacent to an activating group) is 1. The van der Waals surface area contributed by atoms with Crippen molar-refractivity contribution in [2.45, 2.75) is 43.9 Å². The molecule has 4 aliphatic heterocycles. The van der Waals surface area contributed by atoms with Gasteiger partial charge in [0.1, 0.15) is 17.7 Å². The van der Waals surface area contributed by atoms with Gasteiger partial charge in [-0.05, 0) is 31.4 Å². The Morgan fingerprint density at radius 2 is 2.06 bits per heavy atom. The number of carbonyl (C=O) groups is 2. The van der Waals surface area contributed by atoms with Crippen molar-refractivity contribution < 1.29 is 24.2 Å². The van der Waals surface area contributed by atoms with Gasteiger partial charge in [-0.25, -0.2) is 0 Å². The van der Waals surface area contributed by atoms with Crippen LogP contribution in [-0.2, 0) is 24.5 Å². The summed E-state index contributed by atoms with van der Waals surface area (Å²) in [5.41, 5.74) is 0.395. The van der Waals surface area contributed by atoms with E-state index >= 15 is 0 Å². The van der Waals surface area contributed by atoms with E-state index in [0.717, 1.165) is 23.4 Å². The van der Waals surface area contributed by atoms with Crippen LogP contribution in [0.25, 0.3) is 0 Å². The summed E-state index contributed by atoms with van der Waals surface area (Å²) >= 11 is 0. The number of aliphatic hydroxyl groups is 1. The molecule has 166 valence electrons. The molecule has 1 aromatic carbocycles. The lowest BCUT2D eigenvalue weighted by Gasteiger charge is -2.61. The molecule has 6 atom stereocenters. The summed E-state index contributed by atoms with van der Waals surface area (Å²) in [6.07, 6.45) is 2.47. The SMILES string of the molecule is CC=C1CN2CC[C@@]34c5ccccc5N(C)[C@@]23[C@H](O)C[C@@H]1[C@@]4(COC(C)=O)C(=O)OC. The fraction of sp³-hybridized carbons (Fsp3) is 0.583. The van der Waals surface area contributed by atoms with Crippen LogP contribution in [0.2, 0.25) is 0 Å². The van der Waals surface area contributed by atoms with Crippen molar-refractivity contribution in [2.75, 3.05) is 38.8 Å². The molecule has 1 spiro atoms. The number of allylic oxidation sites excluding steroid dienone is 1. The van der Waals surface area contributed by atoms with E-state index in [1.54, 1.807) is 0 Å². The molecule has 5 aliphatic rings. The van der Waals surface area contributed by atoms with Gasteiger partial charge in [0.15, 0.2) is 0 Å². The monoisotopic (exact) mass is 426 g/mol. The van der Waals surface area contributed by atoms with Gasteiger partial charge < -0.3 is 19.5 Å². The molecule has 31 heavy (non-hydrogen) atoms. The first-order valence-electron chi connectivity index (χ1n) is 11.0. The fourth-order valence-corrected chi connectivity index (χ4v) is 7.75. The zero-order chi connectivity index (χ0) is 22.2. The van der Waals surface area contributed by atoms with Gasteiger partial charge in [-0.2, -0.15) is 0 Å². The molecule has 0 radical (unpaired) electrons. The van der Waals surface area contributed by atoms with E-state index in [1.165, 1.54) is 14.0 Å². The molecule has 0 amide bonds. The van der Waals surface area contributed by atoms with Crippen LogP contribution in [0.4, 0.5) is 5.69 Å². The van der Waals surface area contributed by atoms with Gasteiger partial charge in [0.05, 0.1) is 18.6 Å². The van der Waals surface area contributed by atoms with E-state index in [2.05, 4.69) is 28.0 Å². The van der Waals surface area contributed by atoms with Crippen molar-refractivity contribution in [3.63, 3.8) is 0 Å². The molecule has 0 aromatic heterocycles. The van der Waals surface area contributed by atoms with E-state index in [0.29, 0.717) is 19.4 Å². The first-order valence-corrected chi connectivity index (χ1v) is 11.0. The number of benzene rings is 1. The molecule has 4 heterocycles. The quantitative estimate of drug-likeness (QED) is 0.584. The van der Waals surface area contributed by atoms with Gasteiger partial charge >= 0.3 is 11.9 Å². The van der Waals surface area contributed by atoms with Crippen LogP contribution in [0.15, 0.2) is 35.9 Å². The van der Waals surface area contributed by atoms with Gasteiger partial charge in [-0.15, -0.1) is 0 Å². The Hall–Kier alpha value is -2.38. The van der Waals surface area contributed by atoms with Crippen molar-refractivity contribution in [3.8, 4) is 0 Å². The predicted octanol–water partition coefficient (Wildman–Crippen LogP) is 1.84. The second-order valence-electron chi connectivity index (χ2n) is 9.29. The minimum Gasteiger partial charge on any atom is -0.468 e. The van der Waals surface area contributed by atoms with Crippen LogP contribution in [0, 0.1) is 11.3 Å². The maximum atomic E-state index is 13.9. The Morgan fingerprint density at radius 3 is 2.74 bits per heavy atom. The van der Waals surface area contributed by atoms with Gasteiger partial charge in [0, 0.05) is 38.7 Å². The van der Waals surface area contributed by atoms with E-state index in [4.69, 9.17) is 9.47 Å². The van der Waals surface area contributed by atoms with Gasteiger partial charge in [0.2, 0.25) is 0 Å². The Morgan fingerprint density at radius 1 is 1.32 bits per heavy atom. The lowest BCUT2D eigenvalue weighted by atomic mass is 9.45. The number of hydrogen-bond acceptors (Lipinski definition) is 7. The van der Waals surface area contributed by atoms with Crippen LogP contribution >= 0.6 is 0 Å². The predicted molar refractivity (Wildman–Crippen MR) is 114 cm³/mol. The molecule has 4 fully saturated rings. The topological polar surface area (TPSA) is 79.3 Å². The molecule has 1 aliphatic carbocycles. The number of anilines is 1. The number of esters is 2. The number of para-hydroxylation sites is 1. The first kappa shape index (κ1) is 20.5. The maximum absolute atomic E-state index is 13.9. The summed E-state index contributed by atoms with van der Waals surface area (Å²) in [4.78, 5) is 30.4. The summed E-state index contributed by atoms with van der Waals surface area (Å²) in [7, 11) is 3.42. The Balaban J connectivity index is 1.92. The number of methoxy groups -OCH3 is 1. The van der Waals surface area contributed by atoms with Gasteiger partial charge in [-0.3, -0.25) is 14.5 Å². The smallest absolute Gasteiger partial charge is 0.316 e. The lowest BCUT2D eigenvalue weighted by molar-refractivity contribution is -0.192. The van der Waals surface area contributed by atoms with E-state index in [-0.39, 0.29) is 18.5 Å². The molecule has 1 N–H and O–H groups in total. The second kappa shape index (κ2) is 6.56. The molecule has 7 heteroatoms. The van der Waals surface area contributed by atoms with Crippen molar-refractivity contribution >= 4 is 17.6 Å². The van der Waals surface area contributed by atoms with Crippen LogP contribution in [-0.4, -0.2) is 67.6 Å². The number of ether oxygens (including phenoxy) is 2. The number of nitrogens with zero attached hydrogens (tertiary/aromatic N) is 2. The maximum Gasteiger partial charge on any atom is 0.316 e. The van der Waals surface area contributed by atoms with Crippen LogP contribution in [0.3, 0.4) is 0 Å². The van der Waals surface area contributed by atoms with Crippen molar-refractivity contribution in [3.05, 3.63) is 41.5 Å². The normalized spacial score (nSPS) is 41.0. The van der Waals surface area contributed by atoms with Crippen LogP contribution in [0.1, 0.15) is 32.3 Å². The third kappa shape index (κ3) is 2.02. The number of aliphatic hydroxyl groups excluding tert-OH is 1. The van der Waals surface area contributed by atoms with E-state index in [1.807, 2.05) is 26.1 Å². The largest absolute Gasteiger partial charge is 0.468 e. The average Bonchev–Trinajstić information content (AvgIpc) is 3.15. The lowest BCUT2D eigenvalue weighted by Crippen LogP contribution is -2.77. The molecular weight excluding hydrogens is 396 g/mol. The fourth-order valence-electron chi connectivity index (χ4n) is 7.75. The van der Waals surface area contributed by atoms with Gasteiger partial charge in [-0.1, -0.05) is 29.8 Å². The molecule has 1 saturated carbocycles. The molecule has 1 unspecified atom stereocenters. The standard InChI is InChI=1S/C24H30N2O5/c1-5-16-13-26-11-10-23-17-8-6-7-9-19(17)25(3)24(23,26)20(28)12-18(16)22(23,21(29)30-4)14-31-15(2)27/h5-9,18,20,28H,10-14H2,1-4H3/t18-,20+,22-,23-,24-/m0/s1. The zero-order valence-corrected chi connectivity index (χ0v) is 18.6. The van der Waals surface area contributed by atoms with Gasteiger partial charge in [0.25, 0.3) is 0 Å². The summed E-state index contributed by atoms with van der Waals surface area (Å²) in [6, 6.07) is 8.09. The second-order valence-corrected chi connectivity index (χ2v) is 9.29. The zero-order valence-electron chi connectivity index (χ0n) is 18.6. The molecule has 4 bridgehead atoms. The van der Waals surface area contributed by atoms with Crippen molar-refractivity contribution in [1.82, 2.24) is 4.90 Å². The Bertz CT molecular complexity index is 992. The van der Waals surface area contributed by atoms with Crippen molar-refractivity contribution in [2.24, 2.45) is 11.3 Å². The minimum absolute atomic E-state index is 0.0680. The molecule has 7 nitrogen and oxygen atoms in total.